The lowest BCUT2D eigenvalue weighted by atomic mass is 9.71. The molecule has 0 saturated heterocycles. The van der Waals surface area contributed by atoms with Crippen molar-refractivity contribution in [1.29, 1.82) is 0 Å². The van der Waals surface area contributed by atoms with Crippen molar-refractivity contribution >= 4 is 11.5 Å². The second kappa shape index (κ2) is 7.48. The number of nitrogens with two attached hydrogens (primary N) is 2. The third-order valence-corrected chi connectivity index (χ3v) is 6.54. The average Bonchev–Trinajstić information content (AvgIpc) is 2.68. The van der Waals surface area contributed by atoms with E-state index in [-0.39, 0.29) is 11.5 Å². The molecule has 1 aromatic carbocycles. The minimum atomic E-state index is -0.146. The summed E-state index contributed by atoms with van der Waals surface area (Å²) >= 11 is 0. The van der Waals surface area contributed by atoms with Crippen LogP contribution in [-0.4, -0.2) is 35.7 Å². The lowest BCUT2D eigenvalue weighted by Gasteiger charge is -2.37. The zero-order chi connectivity index (χ0) is 20.8. The van der Waals surface area contributed by atoms with Crippen LogP contribution in [0.25, 0.3) is 11.3 Å². The summed E-state index contributed by atoms with van der Waals surface area (Å²) < 4.78 is 6.55. The highest BCUT2D eigenvalue weighted by Crippen LogP contribution is 2.49. The Hall–Kier alpha value is -2.34. The van der Waals surface area contributed by atoms with E-state index in [0.717, 1.165) is 61.2 Å². The van der Waals surface area contributed by atoms with Gasteiger partial charge in [0.2, 0.25) is 0 Å². The summed E-state index contributed by atoms with van der Waals surface area (Å²) in [6, 6.07) is 4.57. The topological polar surface area (TPSA) is 90.3 Å². The molecule has 0 atom stereocenters. The Morgan fingerprint density at radius 1 is 1.17 bits per heavy atom. The molecule has 29 heavy (non-hydrogen) atoms. The molecule has 1 aromatic heterocycles. The van der Waals surface area contributed by atoms with Gasteiger partial charge in [-0.2, -0.15) is 0 Å². The largest absolute Gasteiger partial charge is 0.488 e. The van der Waals surface area contributed by atoms with E-state index in [1.807, 2.05) is 0 Å². The Balaban J connectivity index is 1.82. The Morgan fingerprint density at radius 2 is 1.90 bits per heavy atom. The van der Waals surface area contributed by atoms with E-state index in [9.17, 15) is 0 Å². The first-order valence-electron chi connectivity index (χ1n) is 10.7. The number of ether oxygens (including phenoxy) is 1. The second-order valence-corrected chi connectivity index (χ2v) is 9.15. The van der Waals surface area contributed by atoms with Crippen molar-refractivity contribution < 1.29 is 4.74 Å². The highest BCUT2D eigenvalue weighted by Gasteiger charge is 2.37. The van der Waals surface area contributed by atoms with Gasteiger partial charge in [0, 0.05) is 30.8 Å². The Bertz CT molecular complexity index is 902. The Morgan fingerprint density at radius 3 is 2.59 bits per heavy atom. The first kappa shape index (κ1) is 20.0. The molecular weight excluding hydrogens is 362 g/mol. The molecule has 6 heteroatoms. The Kier molecular flexibility index (Phi) is 5.15. The number of hydrogen-bond donors (Lipinski definition) is 2. The molecule has 0 aliphatic heterocycles. The monoisotopic (exact) mass is 395 g/mol. The van der Waals surface area contributed by atoms with Crippen LogP contribution in [0, 0.1) is 0 Å². The van der Waals surface area contributed by atoms with Crippen molar-refractivity contribution in [3.8, 4) is 17.0 Å². The molecule has 1 saturated carbocycles. The number of hydrogen-bond acceptors (Lipinski definition) is 6. The van der Waals surface area contributed by atoms with Crippen molar-refractivity contribution in [2.75, 3.05) is 24.2 Å². The van der Waals surface area contributed by atoms with E-state index in [0.29, 0.717) is 11.9 Å². The quantitative estimate of drug-likeness (QED) is 0.821. The van der Waals surface area contributed by atoms with Gasteiger partial charge in [-0.3, -0.25) is 0 Å². The van der Waals surface area contributed by atoms with Crippen LogP contribution in [0.1, 0.15) is 57.6 Å². The molecule has 0 bridgehead atoms. The molecular formula is C23H33N5O. The van der Waals surface area contributed by atoms with Gasteiger partial charge >= 0.3 is 0 Å². The van der Waals surface area contributed by atoms with Gasteiger partial charge in [-0.25, -0.2) is 9.97 Å². The molecule has 0 amide bonds. The van der Waals surface area contributed by atoms with Crippen LogP contribution in [0.3, 0.4) is 0 Å². The van der Waals surface area contributed by atoms with Crippen LogP contribution in [0.15, 0.2) is 18.5 Å². The van der Waals surface area contributed by atoms with Gasteiger partial charge in [0.15, 0.2) is 0 Å². The molecule has 0 unspecified atom stereocenters. The minimum Gasteiger partial charge on any atom is -0.488 e. The molecule has 156 valence electrons. The molecule has 1 heterocycles. The summed E-state index contributed by atoms with van der Waals surface area (Å²) in [5.74, 6) is 1.55. The Labute approximate surface area is 173 Å². The third-order valence-electron chi connectivity index (χ3n) is 6.54. The fraction of sp³-hybridized carbons (Fsp3) is 0.565. The SMILES string of the molecule is CCN(C)c1c(O[C@H]2CC[C@H](N)CC2)ccc2c1CC(C)(C)c1c(N)ncnc1-2. The normalized spacial score (nSPS) is 22.5. The minimum absolute atomic E-state index is 0.146. The van der Waals surface area contributed by atoms with E-state index in [2.05, 4.69) is 54.8 Å². The molecule has 4 rings (SSSR count). The summed E-state index contributed by atoms with van der Waals surface area (Å²) in [7, 11) is 2.14. The zero-order valence-electron chi connectivity index (χ0n) is 18.0. The molecule has 0 spiro atoms. The number of anilines is 2. The van der Waals surface area contributed by atoms with Crippen molar-refractivity contribution in [3.63, 3.8) is 0 Å². The fourth-order valence-corrected chi connectivity index (χ4v) is 4.87. The summed E-state index contributed by atoms with van der Waals surface area (Å²) in [6.45, 7) is 7.52. The van der Waals surface area contributed by atoms with Crippen LogP contribution < -0.4 is 21.1 Å². The van der Waals surface area contributed by atoms with Gasteiger partial charge in [-0.1, -0.05) is 13.8 Å². The molecule has 0 radical (unpaired) electrons. The van der Waals surface area contributed by atoms with Gasteiger partial charge < -0.3 is 21.1 Å². The number of nitrogens with zero attached hydrogens (tertiary/aromatic N) is 3. The molecule has 2 aliphatic carbocycles. The van der Waals surface area contributed by atoms with Crippen LogP contribution in [0.4, 0.5) is 11.5 Å². The lowest BCUT2D eigenvalue weighted by molar-refractivity contribution is 0.147. The van der Waals surface area contributed by atoms with Gasteiger partial charge in [0.05, 0.1) is 17.5 Å². The fourth-order valence-electron chi connectivity index (χ4n) is 4.87. The average molecular weight is 396 g/mol. The second-order valence-electron chi connectivity index (χ2n) is 9.15. The van der Waals surface area contributed by atoms with E-state index >= 15 is 0 Å². The van der Waals surface area contributed by atoms with Crippen molar-refractivity contribution in [3.05, 3.63) is 29.6 Å². The summed E-state index contributed by atoms with van der Waals surface area (Å²) in [6.07, 6.45) is 6.78. The highest BCUT2D eigenvalue weighted by molar-refractivity contribution is 5.83. The van der Waals surface area contributed by atoms with Gasteiger partial charge in [0.25, 0.3) is 0 Å². The molecule has 4 N–H and O–H groups in total. The molecule has 1 fully saturated rings. The zero-order valence-corrected chi connectivity index (χ0v) is 18.0. The summed E-state index contributed by atoms with van der Waals surface area (Å²) in [5, 5.41) is 0. The lowest BCUT2D eigenvalue weighted by Crippen LogP contribution is -2.33. The van der Waals surface area contributed by atoms with Crippen LogP contribution in [0.5, 0.6) is 5.75 Å². The first-order valence-corrected chi connectivity index (χ1v) is 10.7. The molecule has 6 nitrogen and oxygen atoms in total. The number of fused-ring (bicyclic) bond motifs is 3. The number of rotatable bonds is 4. The summed E-state index contributed by atoms with van der Waals surface area (Å²) in [4.78, 5) is 11.2. The van der Waals surface area contributed by atoms with Gasteiger partial charge in [0.1, 0.15) is 17.9 Å². The highest BCUT2D eigenvalue weighted by atomic mass is 16.5. The summed E-state index contributed by atoms with van der Waals surface area (Å²) in [5.41, 5.74) is 17.8. The maximum atomic E-state index is 6.55. The van der Waals surface area contributed by atoms with Crippen LogP contribution in [-0.2, 0) is 11.8 Å². The van der Waals surface area contributed by atoms with Gasteiger partial charge in [-0.05, 0) is 62.1 Å². The predicted octanol–water partition coefficient (Wildman–Crippen LogP) is 3.66. The number of aromatic nitrogens is 2. The first-order chi connectivity index (χ1) is 13.8. The molecule has 2 aliphatic rings. The maximum absolute atomic E-state index is 6.55. The number of benzene rings is 1. The predicted molar refractivity (Wildman–Crippen MR) is 118 cm³/mol. The smallest absolute Gasteiger partial charge is 0.143 e. The maximum Gasteiger partial charge on any atom is 0.143 e. The van der Waals surface area contributed by atoms with E-state index < -0.39 is 0 Å². The standard InChI is InChI=1S/C23H33N5O/c1-5-28(4)21-17-12-23(2,3)19-20(26-13-27-22(19)25)16(17)10-11-18(21)29-15-8-6-14(24)7-9-15/h10-11,13-15H,5-9,12,24H2,1-4H3,(H2,25,26,27)/t14-,15-. The van der Waals surface area contributed by atoms with Crippen molar-refractivity contribution in [2.45, 2.75) is 70.4 Å². The number of nitrogen functional groups attached to an aromatic ring is 1. The van der Waals surface area contributed by atoms with Crippen molar-refractivity contribution in [2.24, 2.45) is 5.73 Å². The third kappa shape index (κ3) is 3.54. The van der Waals surface area contributed by atoms with Crippen LogP contribution in [0.2, 0.25) is 0 Å². The molecule has 2 aromatic rings. The van der Waals surface area contributed by atoms with E-state index in [1.165, 1.54) is 11.3 Å². The van der Waals surface area contributed by atoms with Crippen molar-refractivity contribution in [1.82, 2.24) is 9.97 Å². The van der Waals surface area contributed by atoms with E-state index in [1.54, 1.807) is 6.33 Å². The van der Waals surface area contributed by atoms with Gasteiger partial charge in [-0.15, -0.1) is 0 Å². The van der Waals surface area contributed by atoms with E-state index in [4.69, 9.17) is 16.2 Å². The van der Waals surface area contributed by atoms with Crippen LogP contribution >= 0.6 is 0 Å².